The fraction of sp³-hybridized carbons (Fsp3) is 0.606. The van der Waals surface area contributed by atoms with Gasteiger partial charge in [0.1, 0.15) is 6.04 Å². The van der Waals surface area contributed by atoms with Crippen molar-refractivity contribution in [2.75, 3.05) is 31.2 Å². The van der Waals surface area contributed by atoms with E-state index in [2.05, 4.69) is 20.1 Å². The molecule has 7 nitrogen and oxygen atoms in total. The average Bonchev–Trinajstić information content (AvgIpc) is 3.51. The summed E-state index contributed by atoms with van der Waals surface area (Å²) in [5.74, 6) is -1.71. The number of unbranched alkanes of at least 4 members (excludes halogenated alkanes) is 4. The average molecular weight is 583 g/mol. The van der Waals surface area contributed by atoms with Crippen molar-refractivity contribution < 1.29 is 24.2 Å². The quantitative estimate of drug-likeness (QED) is 0.170. The normalized spacial score (nSPS) is 28.0. The number of thioether (sulfide) groups is 1. The molecular weight excluding hydrogens is 536 g/mol. The molecule has 2 unspecified atom stereocenters. The Morgan fingerprint density at radius 2 is 1.90 bits per heavy atom. The predicted molar refractivity (Wildman–Crippen MR) is 165 cm³/mol. The van der Waals surface area contributed by atoms with Gasteiger partial charge in [-0.1, -0.05) is 37.1 Å². The summed E-state index contributed by atoms with van der Waals surface area (Å²) in [5, 5.41) is 9.20. The van der Waals surface area contributed by atoms with E-state index >= 15 is 0 Å². The molecule has 1 aromatic rings. The summed E-state index contributed by atoms with van der Waals surface area (Å²) in [6.07, 6.45) is 9.63. The molecule has 0 aliphatic carbocycles. The first-order valence-electron chi connectivity index (χ1n) is 15.0. The number of likely N-dealkylation sites (tertiary alicyclic amines) is 1. The molecule has 1 spiro atoms. The molecule has 3 aliphatic rings. The van der Waals surface area contributed by atoms with Crippen LogP contribution in [0, 0.1) is 25.7 Å². The number of nitrogens with zero attached hydrogens (tertiary/aromatic N) is 2. The van der Waals surface area contributed by atoms with Crippen LogP contribution in [0.4, 0.5) is 5.69 Å². The van der Waals surface area contributed by atoms with Gasteiger partial charge in [0.05, 0.1) is 23.2 Å². The fourth-order valence-electron chi connectivity index (χ4n) is 7.13. The van der Waals surface area contributed by atoms with Gasteiger partial charge in [0.25, 0.3) is 5.91 Å². The van der Waals surface area contributed by atoms with Gasteiger partial charge < -0.3 is 19.6 Å². The Kier molecular flexibility index (Phi) is 10.1. The summed E-state index contributed by atoms with van der Waals surface area (Å²) in [5.41, 5.74) is 2.86. The van der Waals surface area contributed by atoms with Crippen LogP contribution in [0.25, 0.3) is 0 Å². The third kappa shape index (κ3) is 5.87. The number of anilines is 1. The van der Waals surface area contributed by atoms with Gasteiger partial charge >= 0.3 is 5.97 Å². The van der Waals surface area contributed by atoms with Crippen molar-refractivity contribution in [3.8, 4) is 0 Å². The van der Waals surface area contributed by atoms with E-state index in [4.69, 9.17) is 4.74 Å². The molecule has 2 amide bonds. The van der Waals surface area contributed by atoms with E-state index in [0.717, 1.165) is 55.3 Å². The summed E-state index contributed by atoms with van der Waals surface area (Å²) in [6, 6.07) is 5.39. The van der Waals surface area contributed by atoms with Crippen LogP contribution in [-0.4, -0.2) is 69.6 Å². The van der Waals surface area contributed by atoms with Crippen LogP contribution < -0.4 is 4.90 Å². The minimum absolute atomic E-state index is 0.103. The number of aliphatic hydroxyl groups excluding tert-OH is 1. The molecule has 1 aromatic carbocycles. The Balaban J connectivity index is 1.71. The van der Waals surface area contributed by atoms with Gasteiger partial charge in [-0.2, -0.15) is 0 Å². The minimum Gasteiger partial charge on any atom is -0.465 e. The van der Waals surface area contributed by atoms with Crippen molar-refractivity contribution in [1.82, 2.24) is 4.90 Å². The Hall–Kier alpha value is -2.58. The minimum atomic E-state index is -0.685. The molecule has 3 saturated heterocycles. The van der Waals surface area contributed by atoms with Crippen LogP contribution in [-0.2, 0) is 19.1 Å². The largest absolute Gasteiger partial charge is 0.465 e. The lowest BCUT2D eigenvalue weighted by molar-refractivity contribution is -0.155. The molecular formula is C33H46N2O5S. The summed E-state index contributed by atoms with van der Waals surface area (Å²) in [6.45, 7) is 15.0. The molecule has 8 heteroatoms. The molecule has 5 atom stereocenters. The second-order valence-electron chi connectivity index (χ2n) is 12.0. The van der Waals surface area contributed by atoms with Crippen molar-refractivity contribution in [3.63, 3.8) is 0 Å². The maximum atomic E-state index is 14.8. The van der Waals surface area contributed by atoms with Crippen LogP contribution >= 0.6 is 11.8 Å². The second kappa shape index (κ2) is 13.2. The maximum Gasteiger partial charge on any atom is 0.311 e. The van der Waals surface area contributed by atoms with Crippen molar-refractivity contribution in [3.05, 3.63) is 54.6 Å². The third-order valence-electron chi connectivity index (χ3n) is 9.10. The molecule has 3 heterocycles. The van der Waals surface area contributed by atoms with Crippen LogP contribution in [0.2, 0.25) is 0 Å². The number of allylic oxidation sites excluding steroid dienone is 1. The number of amides is 2. The Morgan fingerprint density at radius 1 is 1.15 bits per heavy atom. The highest BCUT2D eigenvalue weighted by Crippen LogP contribution is 2.71. The van der Waals surface area contributed by atoms with E-state index in [0.29, 0.717) is 32.5 Å². The van der Waals surface area contributed by atoms with Crippen molar-refractivity contribution in [2.24, 2.45) is 11.8 Å². The SMILES string of the molecule is C=CCCCOC(=O)[C@@H]1[C@H]2C(=O)N(CCCCCCO)C(C(=O)N(CC=C)c3cc(C)ccc3C)C23CC[C@@]1(C)S3. The molecule has 3 fully saturated rings. The summed E-state index contributed by atoms with van der Waals surface area (Å²) in [4.78, 5) is 46.2. The zero-order valence-corrected chi connectivity index (χ0v) is 25.7. The lowest BCUT2D eigenvalue weighted by Gasteiger charge is -2.37. The van der Waals surface area contributed by atoms with E-state index < -0.39 is 27.4 Å². The molecule has 0 saturated carbocycles. The summed E-state index contributed by atoms with van der Waals surface area (Å²) < 4.78 is 4.60. The maximum absolute atomic E-state index is 14.8. The van der Waals surface area contributed by atoms with Crippen LogP contribution in [0.1, 0.15) is 69.4 Å². The Morgan fingerprint density at radius 3 is 2.61 bits per heavy atom. The number of benzene rings is 1. The van der Waals surface area contributed by atoms with Gasteiger partial charge in [-0.05, 0) is 76.5 Å². The standard InChI is InChI=1S/C33H46N2O5S/c1-6-8-13-21-40-31(39)27-26-29(37)35(19-11-9-10-12-20-36)28(33(26)17-16-32(27,5)41-33)30(38)34(18-7-2)25-22-23(3)14-15-24(25)4/h6-7,14-15,22,26-28,36H,1-2,8-13,16-21H2,3-5H3/t26-,27-,28?,32+,33?/m0/s1. The molecule has 3 aliphatic heterocycles. The van der Waals surface area contributed by atoms with E-state index in [1.807, 2.05) is 32.0 Å². The number of fused-ring (bicyclic) bond motifs is 1. The van der Waals surface area contributed by atoms with Crippen LogP contribution in [0.5, 0.6) is 0 Å². The Labute approximate surface area is 249 Å². The van der Waals surface area contributed by atoms with Gasteiger partial charge in [0, 0.05) is 30.1 Å². The molecule has 1 N–H and O–H groups in total. The first-order valence-corrected chi connectivity index (χ1v) is 15.9. The van der Waals surface area contributed by atoms with E-state index in [9.17, 15) is 19.5 Å². The van der Waals surface area contributed by atoms with Gasteiger partial charge in [-0.15, -0.1) is 24.9 Å². The van der Waals surface area contributed by atoms with Gasteiger partial charge in [0.2, 0.25) is 5.91 Å². The lowest BCUT2D eigenvalue weighted by atomic mass is 9.66. The molecule has 0 radical (unpaired) electrons. The van der Waals surface area contributed by atoms with E-state index in [1.165, 1.54) is 0 Å². The lowest BCUT2D eigenvalue weighted by Crippen LogP contribution is -2.55. The third-order valence-corrected chi connectivity index (χ3v) is 11.1. The summed E-state index contributed by atoms with van der Waals surface area (Å²) >= 11 is 1.68. The van der Waals surface area contributed by atoms with Gasteiger partial charge in [-0.25, -0.2) is 0 Å². The number of carbonyl (C=O) groups is 3. The van der Waals surface area contributed by atoms with Crippen LogP contribution in [0.15, 0.2) is 43.5 Å². The Bertz CT molecular complexity index is 1170. The number of ether oxygens (including phenoxy) is 1. The number of esters is 1. The summed E-state index contributed by atoms with van der Waals surface area (Å²) in [7, 11) is 0. The monoisotopic (exact) mass is 582 g/mol. The number of hydrogen-bond acceptors (Lipinski definition) is 6. The first-order chi connectivity index (χ1) is 19.6. The smallest absolute Gasteiger partial charge is 0.311 e. The number of rotatable bonds is 15. The highest BCUT2D eigenvalue weighted by molar-refractivity contribution is 8.02. The number of aliphatic hydroxyl groups is 1. The molecule has 2 bridgehead atoms. The van der Waals surface area contributed by atoms with Crippen molar-refractivity contribution in [2.45, 2.75) is 87.7 Å². The van der Waals surface area contributed by atoms with Crippen molar-refractivity contribution >= 4 is 35.2 Å². The first kappa shape index (κ1) is 31.4. The van der Waals surface area contributed by atoms with Crippen molar-refractivity contribution in [1.29, 1.82) is 0 Å². The van der Waals surface area contributed by atoms with E-state index in [1.54, 1.807) is 33.7 Å². The second-order valence-corrected chi connectivity index (χ2v) is 13.9. The topological polar surface area (TPSA) is 87.1 Å². The number of carbonyl (C=O) groups excluding carboxylic acids is 3. The zero-order valence-electron chi connectivity index (χ0n) is 24.9. The van der Waals surface area contributed by atoms with Crippen LogP contribution in [0.3, 0.4) is 0 Å². The van der Waals surface area contributed by atoms with Gasteiger partial charge in [-0.3, -0.25) is 14.4 Å². The highest BCUT2D eigenvalue weighted by Gasteiger charge is 2.77. The highest BCUT2D eigenvalue weighted by atomic mass is 32.2. The fourth-order valence-corrected chi connectivity index (χ4v) is 9.47. The molecule has 41 heavy (non-hydrogen) atoms. The number of aryl methyl sites for hydroxylation is 2. The molecule has 224 valence electrons. The predicted octanol–water partition coefficient (Wildman–Crippen LogP) is 5.37. The van der Waals surface area contributed by atoms with Gasteiger partial charge in [0.15, 0.2) is 0 Å². The number of hydrogen-bond donors (Lipinski definition) is 1. The van der Waals surface area contributed by atoms with E-state index in [-0.39, 0.29) is 24.4 Å². The zero-order chi connectivity index (χ0) is 29.8. The molecule has 4 rings (SSSR count). The molecule has 0 aromatic heterocycles.